The molecule has 2 rings (SSSR count). The van der Waals surface area contributed by atoms with Gasteiger partial charge in [-0.25, -0.2) is 4.79 Å². The molecule has 22 heavy (non-hydrogen) atoms. The van der Waals surface area contributed by atoms with E-state index in [-0.39, 0.29) is 6.54 Å². The smallest absolute Gasteiger partial charge is 0.407 e. The fourth-order valence-corrected chi connectivity index (χ4v) is 1.95. The third kappa shape index (κ3) is 4.48. The number of anilines is 1. The van der Waals surface area contributed by atoms with Crippen molar-refractivity contribution >= 4 is 11.8 Å². The summed E-state index contributed by atoms with van der Waals surface area (Å²) < 4.78 is 5.20. The lowest BCUT2D eigenvalue weighted by atomic mass is 10.0. The largest absolute Gasteiger partial charge is 0.444 e. The molecule has 5 heteroatoms. The van der Waals surface area contributed by atoms with Crippen LogP contribution in [0.15, 0.2) is 42.6 Å². The maximum Gasteiger partial charge on any atom is 0.407 e. The fourth-order valence-electron chi connectivity index (χ4n) is 1.95. The highest BCUT2D eigenvalue weighted by atomic mass is 16.6. The highest BCUT2D eigenvalue weighted by Crippen LogP contribution is 2.25. The predicted molar refractivity (Wildman–Crippen MR) is 87.2 cm³/mol. The number of rotatable bonds is 3. The molecule has 0 saturated heterocycles. The first-order valence-corrected chi connectivity index (χ1v) is 7.12. The summed E-state index contributed by atoms with van der Waals surface area (Å²) >= 11 is 0. The molecule has 3 N–H and O–H groups in total. The number of nitrogen functional groups attached to an aromatic ring is 1. The van der Waals surface area contributed by atoms with Crippen molar-refractivity contribution in [2.24, 2.45) is 0 Å². The lowest BCUT2D eigenvalue weighted by Crippen LogP contribution is -2.32. The lowest BCUT2D eigenvalue weighted by Gasteiger charge is -2.19. The van der Waals surface area contributed by atoms with Crippen LogP contribution in [0, 0.1) is 0 Å². The average Bonchev–Trinajstić information content (AvgIpc) is 2.45. The normalized spacial score (nSPS) is 11.0. The predicted octanol–water partition coefficient (Wildman–Crippen LogP) is 3.36. The molecular formula is C17H21N3O2. The summed E-state index contributed by atoms with van der Waals surface area (Å²) in [6.45, 7) is 5.75. The van der Waals surface area contributed by atoms with Gasteiger partial charge in [0.2, 0.25) is 0 Å². The van der Waals surface area contributed by atoms with Gasteiger partial charge in [-0.2, -0.15) is 0 Å². The van der Waals surface area contributed by atoms with E-state index in [4.69, 9.17) is 10.5 Å². The standard InChI is InChI=1S/C17H21N3O2/c1-17(2,3)22-16(21)20-10-13-9-14(15(18)11-19-13)12-7-5-4-6-8-12/h4-9,11H,10,18H2,1-3H3,(H,20,21). The Balaban J connectivity index is 2.09. The van der Waals surface area contributed by atoms with Gasteiger partial charge in [0.05, 0.1) is 24.1 Å². The fraction of sp³-hybridized carbons (Fsp3) is 0.294. The second-order valence-corrected chi connectivity index (χ2v) is 5.98. The zero-order valence-electron chi connectivity index (χ0n) is 13.1. The van der Waals surface area contributed by atoms with Crippen LogP contribution in [0.4, 0.5) is 10.5 Å². The number of nitrogens with zero attached hydrogens (tertiary/aromatic N) is 1. The van der Waals surface area contributed by atoms with Gasteiger partial charge in [-0.1, -0.05) is 30.3 Å². The molecule has 1 amide bonds. The first-order chi connectivity index (χ1) is 10.3. The Hall–Kier alpha value is -2.56. The highest BCUT2D eigenvalue weighted by molar-refractivity contribution is 5.76. The number of pyridine rings is 1. The summed E-state index contributed by atoms with van der Waals surface area (Å²) in [6.07, 6.45) is 1.14. The second kappa shape index (κ2) is 6.47. The van der Waals surface area contributed by atoms with Crippen LogP contribution >= 0.6 is 0 Å². The lowest BCUT2D eigenvalue weighted by molar-refractivity contribution is 0.0523. The van der Waals surface area contributed by atoms with Crippen molar-refractivity contribution in [1.82, 2.24) is 10.3 Å². The van der Waals surface area contributed by atoms with E-state index in [0.29, 0.717) is 5.69 Å². The summed E-state index contributed by atoms with van der Waals surface area (Å²) in [7, 11) is 0. The van der Waals surface area contributed by atoms with Crippen molar-refractivity contribution in [1.29, 1.82) is 0 Å². The number of benzene rings is 1. The van der Waals surface area contributed by atoms with E-state index in [1.807, 2.05) is 57.2 Å². The van der Waals surface area contributed by atoms with Crippen molar-refractivity contribution in [3.05, 3.63) is 48.3 Å². The van der Waals surface area contributed by atoms with E-state index in [1.165, 1.54) is 0 Å². The zero-order valence-corrected chi connectivity index (χ0v) is 13.1. The number of hydrogen-bond donors (Lipinski definition) is 2. The number of nitrogens with two attached hydrogens (primary N) is 1. The van der Waals surface area contributed by atoms with E-state index < -0.39 is 11.7 Å². The Labute approximate surface area is 130 Å². The first kappa shape index (κ1) is 15.8. The van der Waals surface area contributed by atoms with Gasteiger partial charge in [-0.3, -0.25) is 4.98 Å². The molecule has 1 heterocycles. The molecule has 1 aromatic carbocycles. The van der Waals surface area contributed by atoms with Gasteiger partial charge in [-0.05, 0) is 32.4 Å². The molecule has 0 bridgehead atoms. The van der Waals surface area contributed by atoms with Gasteiger partial charge in [0.25, 0.3) is 0 Å². The van der Waals surface area contributed by atoms with Crippen molar-refractivity contribution in [3.63, 3.8) is 0 Å². The van der Waals surface area contributed by atoms with Crippen LogP contribution in [0.3, 0.4) is 0 Å². The Morgan fingerprint density at radius 2 is 1.95 bits per heavy atom. The molecule has 2 aromatic rings. The van der Waals surface area contributed by atoms with Gasteiger partial charge < -0.3 is 15.8 Å². The third-order valence-electron chi connectivity index (χ3n) is 2.89. The SMILES string of the molecule is CC(C)(C)OC(=O)NCc1cc(-c2ccccc2)c(N)cn1. The van der Waals surface area contributed by atoms with Crippen LogP contribution in [0.5, 0.6) is 0 Å². The Morgan fingerprint density at radius 3 is 2.59 bits per heavy atom. The minimum absolute atomic E-state index is 0.287. The van der Waals surface area contributed by atoms with Crippen LogP contribution in [-0.4, -0.2) is 16.7 Å². The van der Waals surface area contributed by atoms with Crippen molar-refractivity contribution in [3.8, 4) is 11.1 Å². The summed E-state index contributed by atoms with van der Waals surface area (Å²) in [4.78, 5) is 15.9. The number of carbonyl (C=O) groups excluding carboxylic acids is 1. The summed E-state index contributed by atoms with van der Waals surface area (Å²) in [6, 6.07) is 11.7. The molecule has 1 aromatic heterocycles. The highest BCUT2D eigenvalue weighted by Gasteiger charge is 2.16. The number of carbonyl (C=O) groups is 1. The minimum atomic E-state index is -0.520. The van der Waals surface area contributed by atoms with Crippen molar-refractivity contribution in [2.75, 3.05) is 5.73 Å². The second-order valence-electron chi connectivity index (χ2n) is 5.98. The molecule has 0 aliphatic carbocycles. The molecule has 0 aliphatic rings. The van der Waals surface area contributed by atoms with Gasteiger partial charge in [-0.15, -0.1) is 0 Å². The Bertz CT molecular complexity index is 649. The summed E-state index contributed by atoms with van der Waals surface area (Å²) in [5.41, 5.74) is 8.71. The molecule has 5 nitrogen and oxygen atoms in total. The zero-order chi connectivity index (χ0) is 16.2. The first-order valence-electron chi connectivity index (χ1n) is 7.12. The third-order valence-corrected chi connectivity index (χ3v) is 2.89. The van der Waals surface area contributed by atoms with Crippen LogP contribution in [0.2, 0.25) is 0 Å². The number of amides is 1. The van der Waals surface area contributed by atoms with E-state index in [9.17, 15) is 4.79 Å². The molecule has 0 unspecified atom stereocenters. The van der Waals surface area contributed by atoms with Crippen LogP contribution < -0.4 is 11.1 Å². The van der Waals surface area contributed by atoms with E-state index in [1.54, 1.807) is 6.20 Å². The van der Waals surface area contributed by atoms with E-state index >= 15 is 0 Å². The number of nitrogens with one attached hydrogen (secondary N) is 1. The minimum Gasteiger partial charge on any atom is -0.444 e. The summed E-state index contributed by atoms with van der Waals surface area (Å²) in [5.74, 6) is 0. The molecule has 116 valence electrons. The van der Waals surface area contributed by atoms with Crippen LogP contribution in [-0.2, 0) is 11.3 Å². The molecule has 0 spiro atoms. The maximum atomic E-state index is 11.7. The molecule has 0 fully saturated rings. The maximum absolute atomic E-state index is 11.7. The van der Waals surface area contributed by atoms with Gasteiger partial charge >= 0.3 is 6.09 Å². The van der Waals surface area contributed by atoms with Crippen molar-refractivity contribution in [2.45, 2.75) is 32.9 Å². The van der Waals surface area contributed by atoms with Crippen LogP contribution in [0.25, 0.3) is 11.1 Å². The van der Waals surface area contributed by atoms with Crippen molar-refractivity contribution < 1.29 is 9.53 Å². The van der Waals surface area contributed by atoms with E-state index in [0.717, 1.165) is 16.8 Å². The molecule has 0 radical (unpaired) electrons. The Kier molecular flexibility index (Phi) is 4.65. The number of alkyl carbamates (subject to hydrolysis) is 1. The van der Waals surface area contributed by atoms with Crippen LogP contribution in [0.1, 0.15) is 26.5 Å². The number of aromatic nitrogens is 1. The van der Waals surface area contributed by atoms with E-state index in [2.05, 4.69) is 10.3 Å². The quantitative estimate of drug-likeness (QED) is 0.911. The molecule has 0 atom stereocenters. The topological polar surface area (TPSA) is 77.2 Å². The summed E-state index contributed by atoms with van der Waals surface area (Å²) in [5, 5.41) is 2.69. The van der Waals surface area contributed by atoms with Gasteiger partial charge in [0.15, 0.2) is 0 Å². The number of hydrogen-bond acceptors (Lipinski definition) is 4. The molecule has 0 aliphatic heterocycles. The van der Waals surface area contributed by atoms with Gasteiger partial charge in [0.1, 0.15) is 5.60 Å². The molecular weight excluding hydrogens is 278 g/mol. The molecule has 0 saturated carbocycles. The monoisotopic (exact) mass is 299 g/mol. The average molecular weight is 299 g/mol. The Morgan fingerprint density at radius 1 is 1.27 bits per heavy atom. The van der Waals surface area contributed by atoms with Gasteiger partial charge in [0, 0.05) is 5.56 Å². The number of ether oxygens (including phenoxy) is 1.